The van der Waals surface area contributed by atoms with Crippen LogP contribution in [-0.4, -0.2) is 78.4 Å². The number of fused-ring (bicyclic) bond motifs is 4. The Labute approximate surface area is 333 Å². The molecule has 2 atom stereocenters. The molecule has 6 heterocycles. The van der Waals surface area contributed by atoms with E-state index in [4.69, 9.17) is 7.85 Å². The Morgan fingerprint density at radius 2 is 1.75 bits per heavy atom. The molecule has 55 heavy (non-hydrogen) atoms. The monoisotopic (exact) mass is 899 g/mol. The molecular formula is C42H41B2N6O4W. The molecular weight excluding hydrogens is 858 g/mol. The second kappa shape index (κ2) is 14.1. The zero-order valence-corrected chi connectivity index (χ0v) is 34.0. The second-order valence-corrected chi connectivity index (χ2v) is 16.4. The van der Waals surface area contributed by atoms with Gasteiger partial charge in [0, 0.05) is 6.42 Å². The first-order chi connectivity index (χ1) is 26.6. The van der Waals surface area contributed by atoms with Crippen LogP contribution in [-0.2, 0) is 49.0 Å². The van der Waals surface area contributed by atoms with E-state index in [0.29, 0.717) is 24.6 Å². The second-order valence-electron chi connectivity index (χ2n) is 15.5. The summed E-state index contributed by atoms with van der Waals surface area (Å²) in [6, 6.07) is 18.6. The number of carbonyl (C=O) groups is 3. The molecule has 10 nitrogen and oxygen atoms in total. The molecule has 5 aliphatic heterocycles. The fourth-order valence-corrected chi connectivity index (χ4v) is 10.2. The van der Waals surface area contributed by atoms with Gasteiger partial charge in [-0.3, -0.25) is 24.5 Å². The van der Waals surface area contributed by atoms with Crippen LogP contribution in [0.5, 0.6) is 0 Å². The Bertz CT molecular complexity index is 2420. The van der Waals surface area contributed by atoms with E-state index in [1.165, 1.54) is 41.7 Å². The van der Waals surface area contributed by atoms with Gasteiger partial charge in [0.05, 0.1) is 0 Å². The number of nitrogens with one attached hydrogen (secondary N) is 2. The van der Waals surface area contributed by atoms with Gasteiger partial charge in [-0.15, -0.1) is 0 Å². The third-order valence-electron chi connectivity index (χ3n) is 12.2. The summed E-state index contributed by atoms with van der Waals surface area (Å²) in [6.45, 7) is 4.91. The number of allylic oxidation sites excluding steroid dienone is 1. The normalized spacial score (nSPS) is 21.3. The van der Waals surface area contributed by atoms with Crippen LogP contribution in [0.25, 0.3) is 16.5 Å². The predicted octanol–water partition coefficient (Wildman–Crippen LogP) is 3.85. The molecule has 0 saturated carbocycles. The summed E-state index contributed by atoms with van der Waals surface area (Å²) in [5.74, 6) is -0.815. The Hall–Kier alpha value is -4.69. The van der Waals surface area contributed by atoms with Gasteiger partial charge < -0.3 is 4.90 Å². The number of piperidine rings is 2. The van der Waals surface area contributed by atoms with Crippen LogP contribution in [0.4, 0.5) is 17.1 Å². The third-order valence-corrected chi connectivity index (χ3v) is 13.1. The van der Waals surface area contributed by atoms with E-state index < -0.39 is 6.04 Å². The van der Waals surface area contributed by atoms with Crippen LogP contribution in [0, 0.1) is 6.92 Å². The first kappa shape index (κ1) is 36.0. The first-order valence-corrected chi connectivity index (χ1v) is 20.9. The summed E-state index contributed by atoms with van der Waals surface area (Å²) in [6.07, 6.45) is 4.55. The first-order valence-electron chi connectivity index (χ1n) is 19.2. The summed E-state index contributed by atoms with van der Waals surface area (Å²) in [5.41, 5.74) is 12.4. The van der Waals surface area contributed by atoms with E-state index >= 15 is 0 Å². The Morgan fingerprint density at radius 1 is 0.927 bits per heavy atom. The van der Waals surface area contributed by atoms with Crippen LogP contribution in [0.15, 0.2) is 65.0 Å². The van der Waals surface area contributed by atoms with Crippen molar-refractivity contribution in [1.29, 1.82) is 0 Å². The van der Waals surface area contributed by atoms with Crippen molar-refractivity contribution in [3.05, 3.63) is 104 Å². The van der Waals surface area contributed by atoms with Gasteiger partial charge in [-0.25, -0.2) is 0 Å². The molecule has 9 rings (SSSR count). The number of imide groups is 1. The minimum absolute atomic E-state index is 0.0333. The topological polar surface area (TPSA) is 107 Å². The number of nitrogens with zero attached hydrogens (tertiary/aromatic N) is 4. The molecule has 2 unspecified atom stereocenters. The third kappa shape index (κ3) is 6.21. The van der Waals surface area contributed by atoms with Gasteiger partial charge in [0.25, 0.3) is 5.91 Å². The molecule has 3 aromatic carbocycles. The van der Waals surface area contributed by atoms with Crippen molar-refractivity contribution >= 4 is 70.8 Å². The SMILES string of the molecule is [B]C1[B]C(NC2CCN(c3ccc4c(c3)CN(C3CCC(=O)NC3=O)C4=O)CC2)=C([CH]=[W])c2cc3c(cc21)N(c1cccc2c1cc(C)c(=O)n2C)CCC3. The zero-order valence-electron chi connectivity index (χ0n) is 31.1. The van der Waals surface area contributed by atoms with Crippen LogP contribution in [0.1, 0.15) is 76.0 Å². The molecule has 3 amide bonds. The number of hydrogen-bond acceptors (Lipinski definition) is 7. The van der Waals surface area contributed by atoms with Crippen molar-refractivity contribution in [3.63, 3.8) is 0 Å². The number of pyridine rings is 1. The van der Waals surface area contributed by atoms with Gasteiger partial charge in [0.2, 0.25) is 11.8 Å². The number of carbonyl (C=O) groups excluding carboxylic acids is 3. The van der Waals surface area contributed by atoms with Crippen LogP contribution in [0.2, 0.25) is 0 Å². The summed E-state index contributed by atoms with van der Waals surface area (Å²) in [7, 11) is 11.0. The van der Waals surface area contributed by atoms with Gasteiger partial charge in [-0.2, -0.15) is 0 Å². The molecule has 1 aromatic heterocycles. The molecule has 2 N–H and O–H groups in total. The number of amides is 3. The fraction of sp³-hybridized carbons (Fsp3) is 0.357. The Kier molecular flexibility index (Phi) is 9.23. The number of hydrogen-bond donors (Lipinski definition) is 2. The molecule has 0 bridgehead atoms. The van der Waals surface area contributed by atoms with E-state index in [9.17, 15) is 19.2 Å². The number of benzene rings is 3. The molecule has 3 radical (unpaired) electrons. The van der Waals surface area contributed by atoms with Gasteiger partial charge in [-0.05, 0) is 6.42 Å². The standard InChI is InChI=1S/C42H41B2N6O4.W/c1-23-18-32-33(47(3)41(23)53)7-4-8-34(32)49-15-5-6-25-20-30-24(2)39(44-38(43)31(30)21-36(25)49)45-27-13-16-48(17-14-27)28-9-10-29-26(19-28)22-50(42(29)54)35-11-12-37(51)46-40(35)52;/h2,4,7-10,18-21,27,35,38,45H,5-6,11-17,22H2,1,3H3,(H,46,51,52);. The molecule has 275 valence electrons. The average molecular weight is 899 g/mol. The molecule has 2 fully saturated rings. The van der Waals surface area contributed by atoms with Crippen LogP contribution >= 0.6 is 0 Å². The van der Waals surface area contributed by atoms with Gasteiger partial charge in [-0.1, -0.05) is 0 Å². The van der Waals surface area contributed by atoms with Crippen molar-refractivity contribution < 1.29 is 33.7 Å². The molecule has 13 heteroatoms. The van der Waals surface area contributed by atoms with Gasteiger partial charge in [0.1, 0.15) is 6.04 Å². The fourth-order valence-electron chi connectivity index (χ4n) is 9.29. The van der Waals surface area contributed by atoms with Crippen molar-refractivity contribution in [1.82, 2.24) is 20.1 Å². The van der Waals surface area contributed by atoms with E-state index in [1.54, 1.807) is 9.47 Å². The average Bonchev–Trinajstić information content (AvgIpc) is 3.51. The molecule has 0 aliphatic carbocycles. The van der Waals surface area contributed by atoms with E-state index in [0.717, 1.165) is 89.9 Å². The maximum absolute atomic E-state index is 13.2. The minimum atomic E-state index is -0.612. The van der Waals surface area contributed by atoms with Gasteiger partial charge >= 0.3 is 269 Å². The van der Waals surface area contributed by atoms with E-state index in [1.807, 2.05) is 44.3 Å². The number of rotatable bonds is 6. The van der Waals surface area contributed by atoms with Crippen molar-refractivity contribution in [2.75, 3.05) is 29.4 Å². The zero-order chi connectivity index (χ0) is 38.1. The quantitative estimate of drug-likeness (QED) is 0.224. The Balaban J connectivity index is 0.920. The van der Waals surface area contributed by atoms with Crippen molar-refractivity contribution in [2.45, 2.75) is 69.8 Å². The molecule has 2 saturated heterocycles. The van der Waals surface area contributed by atoms with E-state index in [-0.39, 0.29) is 35.4 Å². The number of aryl methyl sites for hydroxylation is 3. The summed E-state index contributed by atoms with van der Waals surface area (Å²) >= 11 is 1.39. The van der Waals surface area contributed by atoms with Crippen LogP contribution < -0.4 is 26.0 Å². The predicted molar refractivity (Wildman–Crippen MR) is 214 cm³/mol. The number of anilines is 3. The summed E-state index contributed by atoms with van der Waals surface area (Å²) < 4.78 is 4.03. The molecule has 5 aliphatic rings. The molecule has 0 spiro atoms. The Morgan fingerprint density at radius 3 is 2.53 bits per heavy atom. The summed E-state index contributed by atoms with van der Waals surface area (Å²) in [4.78, 5) is 56.6. The van der Waals surface area contributed by atoms with Gasteiger partial charge in [0.15, 0.2) is 0 Å². The number of aromatic nitrogens is 1. The van der Waals surface area contributed by atoms with E-state index in [2.05, 4.69) is 56.4 Å². The van der Waals surface area contributed by atoms with Crippen LogP contribution in [0.3, 0.4) is 0 Å². The van der Waals surface area contributed by atoms with Crippen molar-refractivity contribution in [2.24, 2.45) is 7.05 Å². The summed E-state index contributed by atoms with van der Waals surface area (Å²) in [5, 5.41) is 7.36. The molecule has 4 aromatic rings. The van der Waals surface area contributed by atoms with Crippen molar-refractivity contribution in [3.8, 4) is 0 Å². The maximum atomic E-state index is 13.2.